The molecule has 0 amide bonds. The minimum atomic E-state index is -0.313. The van der Waals surface area contributed by atoms with E-state index in [0.29, 0.717) is 23.8 Å². The fourth-order valence-corrected chi connectivity index (χ4v) is 1.67. The van der Waals surface area contributed by atoms with Crippen molar-refractivity contribution in [2.45, 2.75) is 26.7 Å². The Kier molecular flexibility index (Phi) is 6.24. The molecule has 0 aliphatic carbocycles. The zero-order valence-corrected chi connectivity index (χ0v) is 11.0. The van der Waals surface area contributed by atoms with Crippen molar-refractivity contribution in [2.24, 2.45) is 11.7 Å². The van der Waals surface area contributed by atoms with Gasteiger partial charge in [-0.25, -0.2) is 4.39 Å². The van der Waals surface area contributed by atoms with Gasteiger partial charge in [-0.2, -0.15) is 0 Å². The molecular weight excluding hydrogens is 229 g/mol. The van der Waals surface area contributed by atoms with Crippen LogP contribution in [-0.4, -0.2) is 13.2 Å². The van der Waals surface area contributed by atoms with Crippen molar-refractivity contribution in [1.82, 2.24) is 0 Å². The van der Waals surface area contributed by atoms with E-state index in [9.17, 15) is 4.39 Å². The number of hydrogen-bond acceptors (Lipinski definition) is 2. The zero-order chi connectivity index (χ0) is 13.4. The van der Waals surface area contributed by atoms with Crippen LogP contribution >= 0.6 is 0 Å². The Balaban J connectivity index is 2.76. The standard InChI is InChI=1S/C15H20FNO/c1-3-5-12(2)11-18-15-10-14(16)8-7-13(15)6-4-9-17/h7-8,10,12H,3,5,9,11,17H2,1-2H3. The monoisotopic (exact) mass is 249 g/mol. The summed E-state index contributed by atoms with van der Waals surface area (Å²) in [6, 6.07) is 4.37. The quantitative estimate of drug-likeness (QED) is 0.814. The van der Waals surface area contributed by atoms with Crippen LogP contribution in [0.15, 0.2) is 18.2 Å². The van der Waals surface area contributed by atoms with Crippen LogP contribution in [0.4, 0.5) is 4.39 Å². The summed E-state index contributed by atoms with van der Waals surface area (Å²) in [6.07, 6.45) is 2.21. The Morgan fingerprint density at radius 1 is 1.44 bits per heavy atom. The molecule has 0 aromatic heterocycles. The second kappa shape index (κ2) is 7.73. The van der Waals surface area contributed by atoms with E-state index in [1.165, 1.54) is 12.1 Å². The lowest BCUT2D eigenvalue weighted by molar-refractivity contribution is 0.250. The number of hydrogen-bond donors (Lipinski definition) is 1. The molecule has 0 saturated carbocycles. The Morgan fingerprint density at radius 3 is 2.89 bits per heavy atom. The highest BCUT2D eigenvalue weighted by Crippen LogP contribution is 2.20. The van der Waals surface area contributed by atoms with E-state index >= 15 is 0 Å². The molecule has 0 radical (unpaired) electrons. The van der Waals surface area contributed by atoms with Gasteiger partial charge in [-0.3, -0.25) is 0 Å². The molecule has 0 fully saturated rings. The molecule has 0 heterocycles. The lowest BCUT2D eigenvalue weighted by Crippen LogP contribution is -2.09. The smallest absolute Gasteiger partial charge is 0.137 e. The zero-order valence-electron chi connectivity index (χ0n) is 11.0. The highest BCUT2D eigenvalue weighted by molar-refractivity contribution is 5.46. The molecule has 2 nitrogen and oxygen atoms in total. The van der Waals surface area contributed by atoms with Gasteiger partial charge in [0.2, 0.25) is 0 Å². The topological polar surface area (TPSA) is 35.2 Å². The molecule has 1 rings (SSSR count). The maximum Gasteiger partial charge on any atom is 0.137 e. The molecule has 3 heteroatoms. The van der Waals surface area contributed by atoms with Gasteiger partial charge in [0.25, 0.3) is 0 Å². The van der Waals surface area contributed by atoms with Crippen LogP contribution < -0.4 is 10.5 Å². The molecule has 0 aliphatic heterocycles. The Bertz CT molecular complexity index is 434. The maximum absolute atomic E-state index is 13.2. The van der Waals surface area contributed by atoms with Crippen LogP contribution in [0, 0.1) is 23.6 Å². The highest BCUT2D eigenvalue weighted by Gasteiger charge is 2.06. The minimum Gasteiger partial charge on any atom is -0.492 e. The lowest BCUT2D eigenvalue weighted by atomic mass is 10.1. The summed E-state index contributed by atoms with van der Waals surface area (Å²) >= 11 is 0. The first kappa shape index (κ1) is 14.5. The van der Waals surface area contributed by atoms with Gasteiger partial charge in [0.15, 0.2) is 0 Å². The van der Waals surface area contributed by atoms with Crippen molar-refractivity contribution in [1.29, 1.82) is 0 Å². The van der Waals surface area contributed by atoms with E-state index in [1.54, 1.807) is 6.07 Å². The molecular formula is C15H20FNO. The van der Waals surface area contributed by atoms with Crippen molar-refractivity contribution in [3.63, 3.8) is 0 Å². The van der Waals surface area contributed by atoms with E-state index in [1.807, 2.05) is 0 Å². The predicted molar refractivity (Wildman–Crippen MR) is 71.9 cm³/mol. The van der Waals surface area contributed by atoms with Gasteiger partial charge >= 0.3 is 0 Å². The van der Waals surface area contributed by atoms with Gasteiger partial charge < -0.3 is 10.5 Å². The maximum atomic E-state index is 13.2. The van der Waals surface area contributed by atoms with Crippen LogP contribution in [0.1, 0.15) is 32.3 Å². The average molecular weight is 249 g/mol. The van der Waals surface area contributed by atoms with Crippen molar-refractivity contribution in [3.8, 4) is 17.6 Å². The molecule has 0 saturated heterocycles. The SMILES string of the molecule is CCCC(C)COc1cc(F)ccc1C#CCN. The summed E-state index contributed by atoms with van der Waals surface area (Å²) in [5.74, 6) is 6.28. The molecule has 1 aromatic carbocycles. The lowest BCUT2D eigenvalue weighted by Gasteiger charge is -2.13. The molecule has 1 aromatic rings. The van der Waals surface area contributed by atoms with Gasteiger partial charge in [0.05, 0.1) is 18.7 Å². The van der Waals surface area contributed by atoms with Crippen molar-refractivity contribution in [3.05, 3.63) is 29.6 Å². The second-order valence-corrected chi connectivity index (χ2v) is 4.35. The average Bonchev–Trinajstić information content (AvgIpc) is 2.35. The molecule has 1 atom stereocenters. The number of benzene rings is 1. The predicted octanol–water partition coefficient (Wildman–Crippen LogP) is 2.95. The van der Waals surface area contributed by atoms with Crippen LogP contribution in [0.5, 0.6) is 5.75 Å². The number of halogens is 1. The summed E-state index contributed by atoms with van der Waals surface area (Å²) in [5, 5.41) is 0. The number of ether oxygens (including phenoxy) is 1. The van der Waals surface area contributed by atoms with Gasteiger partial charge in [0.1, 0.15) is 11.6 Å². The fourth-order valence-electron chi connectivity index (χ4n) is 1.67. The van der Waals surface area contributed by atoms with Crippen LogP contribution in [0.3, 0.4) is 0 Å². The molecule has 0 spiro atoms. The highest BCUT2D eigenvalue weighted by atomic mass is 19.1. The van der Waals surface area contributed by atoms with Gasteiger partial charge in [-0.05, 0) is 24.5 Å². The summed E-state index contributed by atoms with van der Waals surface area (Å²) < 4.78 is 18.8. The van der Waals surface area contributed by atoms with Crippen molar-refractivity contribution in [2.75, 3.05) is 13.2 Å². The first-order valence-electron chi connectivity index (χ1n) is 6.28. The first-order valence-corrected chi connectivity index (χ1v) is 6.28. The van der Waals surface area contributed by atoms with Gasteiger partial charge in [-0.1, -0.05) is 32.1 Å². The molecule has 0 aliphatic rings. The third kappa shape index (κ3) is 4.77. The van der Waals surface area contributed by atoms with Crippen molar-refractivity contribution >= 4 is 0 Å². The van der Waals surface area contributed by atoms with Crippen LogP contribution in [0.25, 0.3) is 0 Å². The minimum absolute atomic E-state index is 0.281. The third-order valence-corrected chi connectivity index (χ3v) is 2.57. The van der Waals surface area contributed by atoms with Crippen molar-refractivity contribution < 1.29 is 9.13 Å². The molecule has 98 valence electrons. The number of rotatable bonds is 5. The fraction of sp³-hybridized carbons (Fsp3) is 0.467. The molecule has 18 heavy (non-hydrogen) atoms. The Labute approximate surface area is 108 Å². The Hall–Kier alpha value is -1.53. The van der Waals surface area contributed by atoms with E-state index in [0.717, 1.165) is 12.8 Å². The summed E-state index contributed by atoms with van der Waals surface area (Å²) in [5.41, 5.74) is 6.02. The first-order chi connectivity index (χ1) is 8.67. The normalized spacial score (nSPS) is 11.6. The van der Waals surface area contributed by atoms with E-state index in [2.05, 4.69) is 25.7 Å². The van der Waals surface area contributed by atoms with Gasteiger partial charge in [0, 0.05) is 6.07 Å². The largest absolute Gasteiger partial charge is 0.492 e. The van der Waals surface area contributed by atoms with Crippen LogP contribution in [-0.2, 0) is 0 Å². The molecule has 2 N–H and O–H groups in total. The summed E-state index contributed by atoms with van der Waals surface area (Å²) in [7, 11) is 0. The molecule has 0 bridgehead atoms. The second-order valence-electron chi connectivity index (χ2n) is 4.35. The van der Waals surface area contributed by atoms with E-state index < -0.39 is 0 Å². The summed E-state index contributed by atoms with van der Waals surface area (Å²) in [4.78, 5) is 0. The Morgan fingerprint density at radius 2 is 2.22 bits per heavy atom. The number of nitrogens with two attached hydrogens (primary N) is 1. The van der Waals surface area contributed by atoms with E-state index in [-0.39, 0.29) is 12.4 Å². The van der Waals surface area contributed by atoms with Gasteiger partial charge in [-0.15, -0.1) is 0 Å². The summed E-state index contributed by atoms with van der Waals surface area (Å²) in [6.45, 7) is 5.11. The van der Waals surface area contributed by atoms with E-state index in [4.69, 9.17) is 10.5 Å². The molecule has 1 unspecified atom stereocenters. The third-order valence-electron chi connectivity index (χ3n) is 2.57. The van der Waals surface area contributed by atoms with Crippen LogP contribution in [0.2, 0.25) is 0 Å².